The highest BCUT2D eigenvalue weighted by molar-refractivity contribution is 9.10. The van der Waals surface area contributed by atoms with E-state index in [1.165, 1.54) is 6.07 Å². The fourth-order valence-corrected chi connectivity index (χ4v) is 3.17. The number of alkyl halides is 1. The van der Waals surface area contributed by atoms with Crippen LogP contribution in [0, 0.1) is 17.0 Å². The van der Waals surface area contributed by atoms with Crippen molar-refractivity contribution in [1.29, 1.82) is 0 Å². The Labute approximate surface area is 130 Å². The topological polar surface area (TPSA) is 61.6 Å². The maximum absolute atomic E-state index is 11.1. The van der Waals surface area contributed by atoms with Crippen molar-refractivity contribution >= 4 is 33.2 Å². The summed E-state index contributed by atoms with van der Waals surface area (Å²) in [7, 11) is 0. The Morgan fingerprint density at radius 1 is 1.55 bits per heavy atom. The highest BCUT2D eigenvalue weighted by Gasteiger charge is 2.43. The van der Waals surface area contributed by atoms with Crippen LogP contribution in [0.3, 0.4) is 0 Å². The molecule has 0 N–H and O–H groups in total. The zero-order chi connectivity index (χ0) is 14.9. The molecule has 0 bridgehead atoms. The number of benzene rings is 1. The molecule has 1 fully saturated rings. The Bertz CT molecular complexity index is 525. The third-order valence-electron chi connectivity index (χ3n) is 3.23. The smallest absolute Gasteiger partial charge is 0.312 e. The van der Waals surface area contributed by atoms with E-state index in [0.717, 1.165) is 0 Å². The van der Waals surface area contributed by atoms with E-state index in [4.69, 9.17) is 21.1 Å². The van der Waals surface area contributed by atoms with Crippen molar-refractivity contribution in [2.24, 2.45) is 0 Å². The molecule has 0 aliphatic heterocycles. The van der Waals surface area contributed by atoms with E-state index in [-0.39, 0.29) is 29.0 Å². The first-order valence-corrected chi connectivity index (χ1v) is 7.53. The summed E-state index contributed by atoms with van der Waals surface area (Å²) in [6.45, 7) is 4.20. The molecule has 0 aromatic heterocycles. The molecular weight excluding hydrogens is 350 g/mol. The van der Waals surface area contributed by atoms with Crippen LogP contribution in [-0.2, 0) is 4.74 Å². The van der Waals surface area contributed by atoms with Crippen LogP contribution >= 0.6 is 27.5 Å². The predicted octanol–water partition coefficient (Wildman–Crippen LogP) is 3.83. The van der Waals surface area contributed by atoms with E-state index in [1.807, 2.05) is 6.92 Å². The molecule has 0 spiro atoms. The summed E-state index contributed by atoms with van der Waals surface area (Å²) in [5.41, 5.74) is 0.657. The van der Waals surface area contributed by atoms with E-state index in [9.17, 15) is 10.1 Å². The van der Waals surface area contributed by atoms with Gasteiger partial charge in [-0.3, -0.25) is 10.1 Å². The van der Waals surface area contributed by atoms with Crippen molar-refractivity contribution in [2.75, 3.05) is 6.61 Å². The highest BCUT2D eigenvalue weighted by Crippen LogP contribution is 2.39. The minimum absolute atomic E-state index is 0.0508. The second-order valence-corrected chi connectivity index (χ2v) is 6.13. The molecule has 3 atom stereocenters. The predicted molar refractivity (Wildman–Crippen MR) is 79.6 cm³/mol. The van der Waals surface area contributed by atoms with Gasteiger partial charge < -0.3 is 9.47 Å². The van der Waals surface area contributed by atoms with Crippen molar-refractivity contribution < 1.29 is 14.4 Å². The molecule has 1 saturated carbocycles. The van der Waals surface area contributed by atoms with Crippen LogP contribution in [0.4, 0.5) is 5.69 Å². The van der Waals surface area contributed by atoms with Gasteiger partial charge in [-0.2, -0.15) is 0 Å². The molecule has 0 saturated heterocycles. The number of hydrogen-bond donors (Lipinski definition) is 0. The summed E-state index contributed by atoms with van der Waals surface area (Å²) < 4.78 is 11.9. The van der Waals surface area contributed by atoms with Crippen molar-refractivity contribution in [2.45, 2.75) is 37.9 Å². The molecule has 0 heterocycles. The lowest BCUT2D eigenvalue weighted by Gasteiger charge is -2.40. The van der Waals surface area contributed by atoms with Gasteiger partial charge in [-0.1, -0.05) is 15.9 Å². The number of rotatable bonds is 5. The molecule has 3 unspecified atom stereocenters. The largest absolute Gasteiger partial charge is 0.480 e. The minimum atomic E-state index is -0.445. The molecule has 1 aliphatic rings. The lowest BCUT2D eigenvalue weighted by atomic mass is 9.90. The molecule has 1 aliphatic carbocycles. The molecule has 1 aromatic rings. The third-order valence-corrected chi connectivity index (χ3v) is 4.11. The Morgan fingerprint density at radius 2 is 2.25 bits per heavy atom. The lowest BCUT2D eigenvalue weighted by molar-refractivity contribution is -0.386. The summed E-state index contributed by atoms with van der Waals surface area (Å²) in [4.78, 5) is 10.7. The monoisotopic (exact) mass is 363 g/mol. The number of ether oxygens (including phenoxy) is 2. The summed E-state index contributed by atoms with van der Waals surface area (Å²) in [5.74, 6) is 0.288. The van der Waals surface area contributed by atoms with Crippen molar-refractivity contribution in [3.05, 3.63) is 32.3 Å². The van der Waals surface area contributed by atoms with E-state index in [1.54, 1.807) is 13.0 Å². The first-order chi connectivity index (χ1) is 9.43. The van der Waals surface area contributed by atoms with Gasteiger partial charge in [-0.15, -0.1) is 11.6 Å². The van der Waals surface area contributed by atoms with Crippen molar-refractivity contribution in [3.8, 4) is 5.75 Å². The SMILES string of the molecule is CCOC1C(Cl)CC1Oc1c(C)cc(Br)cc1[N+](=O)[O-]. The molecule has 1 aromatic carbocycles. The molecular formula is C13H15BrClNO4. The fourth-order valence-electron chi connectivity index (χ4n) is 2.20. The minimum Gasteiger partial charge on any atom is -0.480 e. The van der Waals surface area contributed by atoms with Crippen LogP contribution in [0.2, 0.25) is 0 Å². The zero-order valence-electron chi connectivity index (χ0n) is 11.1. The van der Waals surface area contributed by atoms with Crippen LogP contribution in [0.5, 0.6) is 5.75 Å². The molecule has 2 rings (SSSR count). The summed E-state index contributed by atoms with van der Waals surface area (Å²) in [5, 5.41) is 11.0. The number of hydrogen-bond acceptors (Lipinski definition) is 4. The van der Waals surface area contributed by atoms with Crippen LogP contribution < -0.4 is 4.74 Å². The average molecular weight is 365 g/mol. The summed E-state index contributed by atoms with van der Waals surface area (Å²) in [6, 6.07) is 3.23. The fraction of sp³-hybridized carbons (Fsp3) is 0.538. The molecule has 5 nitrogen and oxygen atoms in total. The maximum atomic E-state index is 11.1. The second kappa shape index (κ2) is 6.28. The van der Waals surface area contributed by atoms with Gasteiger partial charge in [-0.05, 0) is 25.5 Å². The van der Waals surface area contributed by atoms with Gasteiger partial charge in [0.25, 0.3) is 0 Å². The zero-order valence-corrected chi connectivity index (χ0v) is 13.5. The molecule has 110 valence electrons. The highest BCUT2D eigenvalue weighted by atomic mass is 79.9. The van der Waals surface area contributed by atoms with Gasteiger partial charge in [0.05, 0.1) is 10.3 Å². The van der Waals surface area contributed by atoms with E-state index in [2.05, 4.69) is 15.9 Å². The molecule has 20 heavy (non-hydrogen) atoms. The van der Waals surface area contributed by atoms with Crippen LogP contribution in [0.15, 0.2) is 16.6 Å². The first-order valence-electron chi connectivity index (χ1n) is 6.31. The number of aryl methyl sites for hydroxylation is 1. The molecule has 0 amide bonds. The summed E-state index contributed by atoms with van der Waals surface area (Å²) in [6.07, 6.45) is 0.166. The number of halogens is 2. The second-order valence-electron chi connectivity index (χ2n) is 4.66. The van der Waals surface area contributed by atoms with Gasteiger partial charge in [-0.25, -0.2) is 0 Å². The number of nitrogens with zero attached hydrogens (tertiary/aromatic N) is 1. The Kier molecular flexibility index (Phi) is 4.88. The van der Waals surface area contributed by atoms with Crippen LogP contribution in [-0.4, -0.2) is 29.1 Å². The Balaban J connectivity index is 2.23. The van der Waals surface area contributed by atoms with E-state index >= 15 is 0 Å². The van der Waals surface area contributed by atoms with Gasteiger partial charge >= 0.3 is 5.69 Å². The molecule has 7 heteroatoms. The number of nitro groups is 1. The van der Waals surface area contributed by atoms with E-state index < -0.39 is 4.92 Å². The molecule has 0 radical (unpaired) electrons. The van der Waals surface area contributed by atoms with Crippen molar-refractivity contribution in [1.82, 2.24) is 0 Å². The maximum Gasteiger partial charge on any atom is 0.312 e. The third kappa shape index (κ3) is 3.07. The van der Waals surface area contributed by atoms with Gasteiger partial charge in [0.15, 0.2) is 0 Å². The van der Waals surface area contributed by atoms with E-state index in [0.29, 0.717) is 23.1 Å². The first kappa shape index (κ1) is 15.5. The Hall–Kier alpha value is -0.850. The average Bonchev–Trinajstić information content (AvgIpc) is 2.37. The quantitative estimate of drug-likeness (QED) is 0.452. The number of nitro benzene ring substituents is 1. The van der Waals surface area contributed by atoms with Gasteiger partial charge in [0, 0.05) is 23.6 Å². The summed E-state index contributed by atoms with van der Waals surface area (Å²) >= 11 is 9.33. The normalized spacial score (nSPS) is 25.1. The van der Waals surface area contributed by atoms with Gasteiger partial charge in [0.1, 0.15) is 12.2 Å². The van der Waals surface area contributed by atoms with Crippen LogP contribution in [0.25, 0.3) is 0 Å². The standard InChI is InChI=1S/C13H15BrClNO4/c1-3-19-13-9(15)6-11(13)20-12-7(2)4-8(14)5-10(12)16(17)18/h4-5,9,11,13H,3,6H2,1-2H3. The van der Waals surface area contributed by atoms with Crippen LogP contribution in [0.1, 0.15) is 18.9 Å². The van der Waals surface area contributed by atoms with Gasteiger partial charge in [0.2, 0.25) is 5.75 Å². The lowest BCUT2D eigenvalue weighted by Crippen LogP contribution is -2.52. The van der Waals surface area contributed by atoms with Crippen molar-refractivity contribution in [3.63, 3.8) is 0 Å². The Morgan fingerprint density at radius 3 is 2.80 bits per heavy atom.